The van der Waals surface area contributed by atoms with Crippen molar-refractivity contribution in [1.82, 2.24) is 4.90 Å². The zero-order chi connectivity index (χ0) is 26.2. The van der Waals surface area contributed by atoms with Crippen LogP contribution in [0, 0.1) is 9.49 Å². The quantitative estimate of drug-likeness (QED) is 0.315. The van der Waals surface area contributed by atoms with E-state index in [2.05, 4.69) is 22.6 Å². The van der Waals surface area contributed by atoms with Crippen LogP contribution in [0.25, 0.3) is 0 Å². The summed E-state index contributed by atoms with van der Waals surface area (Å²) < 4.78 is 0.921. The third-order valence-electron chi connectivity index (χ3n) is 7.42. The molecule has 0 saturated heterocycles. The lowest BCUT2D eigenvalue weighted by molar-refractivity contribution is -0.138. The SMILES string of the molecule is C[C@@H](/C=C/CC(=O)N1Cc2ccccc2C[C@H]1CO)[C@]1(O)C(=O)N(c2ccccc2)c2ccc(I)cc21. The Hall–Kier alpha value is -3.01. The minimum atomic E-state index is -1.76. The van der Waals surface area contributed by atoms with Crippen molar-refractivity contribution in [2.75, 3.05) is 11.5 Å². The molecule has 0 aromatic heterocycles. The molecule has 0 saturated carbocycles. The normalized spacial score (nSPS) is 21.7. The number of aliphatic hydroxyl groups excluding tert-OH is 1. The number of aliphatic hydroxyl groups is 2. The molecular formula is C30H29IN2O4. The Kier molecular flexibility index (Phi) is 7.20. The maximum atomic E-state index is 13.7. The first kappa shape index (κ1) is 25.6. The molecule has 6 nitrogen and oxygen atoms in total. The van der Waals surface area contributed by atoms with Crippen molar-refractivity contribution >= 4 is 45.8 Å². The average Bonchev–Trinajstić information content (AvgIpc) is 3.14. The van der Waals surface area contributed by atoms with E-state index in [-0.39, 0.29) is 25.0 Å². The first-order chi connectivity index (χ1) is 17.8. The van der Waals surface area contributed by atoms with Crippen molar-refractivity contribution in [3.05, 3.63) is 105 Å². The molecule has 2 aliphatic rings. The van der Waals surface area contributed by atoms with Gasteiger partial charge in [-0.05, 0) is 70.5 Å². The van der Waals surface area contributed by atoms with E-state index in [1.165, 1.54) is 0 Å². The van der Waals surface area contributed by atoms with Crippen molar-refractivity contribution in [2.45, 2.75) is 38.0 Å². The molecule has 3 aromatic carbocycles. The van der Waals surface area contributed by atoms with E-state index < -0.39 is 17.4 Å². The lowest BCUT2D eigenvalue weighted by atomic mass is 9.83. The molecule has 37 heavy (non-hydrogen) atoms. The highest BCUT2D eigenvalue weighted by Gasteiger charge is 2.53. The van der Waals surface area contributed by atoms with Crippen LogP contribution in [0.5, 0.6) is 0 Å². The number of anilines is 2. The van der Waals surface area contributed by atoms with Crippen LogP contribution in [-0.2, 0) is 28.2 Å². The van der Waals surface area contributed by atoms with Crippen LogP contribution in [0.2, 0.25) is 0 Å². The lowest BCUT2D eigenvalue weighted by Gasteiger charge is -2.36. The molecule has 0 spiro atoms. The third kappa shape index (κ3) is 4.60. The van der Waals surface area contributed by atoms with Gasteiger partial charge in [0.25, 0.3) is 5.91 Å². The molecule has 190 valence electrons. The summed E-state index contributed by atoms with van der Waals surface area (Å²) in [5.74, 6) is -1.08. The second-order valence-electron chi connectivity index (χ2n) is 9.66. The lowest BCUT2D eigenvalue weighted by Crippen LogP contribution is -2.46. The zero-order valence-corrected chi connectivity index (χ0v) is 22.7. The molecule has 3 atom stereocenters. The van der Waals surface area contributed by atoms with E-state index in [9.17, 15) is 19.8 Å². The van der Waals surface area contributed by atoms with Crippen molar-refractivity contribution in [2.24, 2.45) is 5.92 Å². The van der Waals surface area contributed by atoms with Crippen LogP contribution in [0.3, 0.4) is 0 Å². The average molecular weight is 608 g/mol. The van der Waals surface area contributed by atoms with Gasteiger partial charge in [0, 0.05) is 33.7 Å². The maximum Gasteiger partial charge on any atom is 0.268 e. The Morgan fingerprint density at radius 2 is 1.81 bits per heavy atom. The Balaban J connectivity index is 1.37. The van der Waals surface area contributed by atoms with Crippen LogP contribution < -0.4 is 4.90 Å². The molecule has 0 aliphatic carbocycles. The number of halogens is 1. The molecule has 2 heterocycles. The molecule has 2 N–H and O–H groups in total. The fourth-order valence-corrected chi connectivity index (χ4v) is 5.84. The van der Waals surface area contributed by atoms with Crippen LogP contribution in [0.4, 0.5) is 11.4 Å². The number of carbonyl (C=O) groups is 2. The van der Waals surface area contributed by atoms with E-state index >= 15 is 0 Å². The van der Waals surface area contributed by atoms with Gasteiger partial charge in [0.05, 0.1) is 18.3 Å². The summed E-state index contributed by atoms with van der Waals surface area (Å²) >= 11 is 2.18. The monoisotopic (exact) mass is 608 g/mol. The Bertz CT molecular complexity index is 1360. The highest BCUT2D eigenvalue weighted by Crippen LogP contribution is 2.48. The van der Waals surface area contributed by atoms with Gasteiger partial charge in [0.1, 0.15) is 0 Å². The largest absolute Gasteiger partial charge is 0.394 e. The number of hydrogen-bond acceptors (Lipinski definition) is 4. The van der Waals surface area contributed by atoms with Gasteiger partial charge in [-0.2, -0.15) is 0 Å². The Labute approximate surface area is 230 Å². The number of hydrogen-bond donors (Lipinski definition) is 2. The summed E-state index contributed by atoms with van der Waals surface area (Å²) in [6, 6.07) is 22.7. The molecule has 0 unspecified atom stereocenters. The smallest absolute Gasteiger partial charge is 0.268 e. The van der Waals surface area contributed by atoms with Gasteiger partial charge >= 0.3 is 0 Å². The van der Waals surface area contributed by atoms with E-state index in [1.54, 1.807) is 28.9 Å². The molecule has 0 radical (unpaired) electrons. The van der Waals surface area contributed by atoms with E-state index in [0.29, 0.717) is 29.9 Å². The number of nitrogens with zero attached hydrogens (tertiary/aromatic N) is 2. The molecule has 7 heteroatoms. The van der Waals surface area contributed by atoms with Crippen LogP contribution in [-0.4, -0.2) is 39.6 Å². The first-order valence-corrected chi connectivity index (χ1v) is 13.5. The van der Waals surface area contributed by atoms with Gasteiger partial charge in [-0.25, -0.2) is 0 Å². The van der Waals surface area contributed by atoms with Crippen LogP contribution in [0.15, 0.2) is 84.9 Å². The summed E-state index contributed by atoms with van der Waals surface area (Å²) in [4.78, 5) is 30.1. The van der Waals surface area contributed by atoms with Gasteiger partial charge < -0.3 is 15.1 Å². The maximum absolute atomic E-state index is 13.7. The van der Waals surface area contributed by atoms with Gasteiger partial charge in [0.15, 0.2) is 5.60 Å². The highest BCUT2D eigenvalue weighted by molar-refractivity contribution is 14.1. The van der Waals surface area contributed by atoms with E-state index in [1.807, 2.05) is 72.8 Å². The molecule has 0 fully saturated rings. The van der Waals surface area contributed by atoms with Gasteiger partial charge in [-0.15, -0.1) is 0 Å². The van der Waals surface area contributed by atoms with Crippen molar-refractivity contribution in [1.29, 1.82) is 0 Å². The topological polar surface area (TPSA) is 81.1 Å². The number of rotatable bonds is 6. The highest BCUT2D eigenvalue weighted by atomic mass is 127. The summed E-state index contributed by atoms with van der Waals surface area (Å²) in [5.41, 5.74) is 2.41. The summed E-state index contributed by atoms with van der Waals surface area (Å²) in [7, 11) is 0. The first-order valence-electron chi connectivity index (χ1n) is 12.4. The predicted octanol–water partition coefficient (Wildman–Crippen LogP) is 4.69. The molecular weight excluding hydrogens is 579 g/mol. The fourth-order valence-electron chi connectivity index (χ4n) is 5.35. The van der Waals surface area contributed by atoms with Crippen molar-refractivity contribution in [3.8, 4) is 0 Å². The standard InChI is InChI=1S/C30H29IN2O4/c1-20(8-7-13-28(35)32-18-22-10-6-5-9-21(22)16-25(32)19-34)30(37)26-17-23(31)14-15-27(26)33(29(30)36)24-11-3-2-4-12-24/h2-12,14-15,17,20,25,34,37H,13,16,18-19H2,1H3/b8-7+/t20-,25-,30+/m0/s1. The van der Waals surface area contributed by atoms with Gasteiger partial charge in [-0.1, -0.05) is 61.5 Å². The molecule has 3 aromatic rings. The Morgan fingerprint density at radius 3 is 2.54 bits per heavy atom. The third-order valence-corrected chi connectivity index (χ3v) is 8.09. The second kappa shape index (κ2) is 10.4. The molecule has 5 rings (SSSR count). The fraction of sp³-hybridized carbons (Fsp3) is 0.267. The predicted molar refractivity (Wildman–Crippen MR) is 151 cm³/mol. The van der Waals surface area contributed by atoms with Gasteiger partial charge in [0.2, 0.25) is 5.91 Å². The number of amides is 2. The number of fused-ring (bicyclic) bond motifs is 2. The molecule has 2 aliphatic heterocycles. The molecule has 2 amide bonds. The second-order valence-corrected chi connectivity index (χ2v) is 10.9. The number of para-hydroxylation sites is 1. The number of benzene rings is 3. The summed E-state index contributed by atoms with van der Waals surface area (Å²) in [6.45, 7) is 2.16. The molecule has 0 bridgehead atoms. The van der Waals surface area contributed by atoms with E-state index in [0.717, 1.165) is 14.7 Å². The van der Waals surface area contributed by atoms with Crippen molar-refractivity contribution in [3.63, 3.8) is 0 Å². The minimum absolute atomic E-state index is 0.0948. The minimum Gasteiger partial charge on any atom is -0.394 e. The number of carbonyl (C=O) groups excluding carboxylic acids is 2. The van der Waals surface area contributed by atoms with Crippen LogP contribution in [0.1, 0.15) is 30.0 Å². The zero-order valence-electron chi connectivity index (χ0n) is 20.5. The van der Waals surface area contributed by atoms with E-state index in [4.69, 9.17) is 0 Å². The van der Waals surface area contributed by atoms with Crippen LogP contribution >= 0.6 is 22.6 Å². The van der Waals surface area contributed by atoms with Crippen molar-refractivity contribution < 1.29 is 19.8 Å². The van der Waals surface area contributed by atoms with Gasteiger partial charge in [-0.3, -0.25) is 14.5 Å². The summed E-state index contributed by atoms with van der Waals surface area (Å²) in [5, 5.41) is 21.8. The summed E-state index contributed by atoms with van der Waals surface area (Å²) in [6.07, 6.45) is 4.22. The Morgan fingerprint density at radius 1 is 1.11 bits per heavy atom.